The zero-order valence-electron chi connectivity index (χ0n) is 16.3. The molecular weight excluding hydrogens is 410 g/mol. The molecule has 160 valence electrons. The van der Waals surface area contributed by atoms with Gasteiger partial charge in [0, 0.05) is 30.8 Å². The maximum Gasteiger partial charge on any atom is 0.269 e. The number of amides is 1. The first-order chi connectivity index (χ1) is 14.4. The number of nitro groups is 1. The van der Waals surface area contributed by atoms with Gasteiger partial charge in [0.2, 0.25) is 10.0 Å². The lowest BCUT2D eigenvalue weighted by Crippen LogP contribution is -2.35. The third-order valence-corrected chi connectivity index (χ3v) is 6.69. The summed E-state index contributed by atoms with van der Waals surface area (Å²) in [5, 5.41) is 13.3. The third-order valence-electron chi connectivity index (χ3n) is 4.77. The Hall–Kier alpha value is -2.98. The molecule has 0 bridgehead atoms. The van der Waals surface area contributed by atoms with Crippen LogP contribution in [0.4, 0.5) is 5.69 Å². The quantitative estimate of drug-likeness (QED) is 0.388. The lowest BCUT2D eigenvalue weighted by atomic mass is 10.2. The van der Waals surface area contributed by atoms with Gasteiger partial charge in [-0.15, -0.1) is 0 Å². The number of nitro benzene ring substituents is 1. The fourth-order valence-corrected chi connectivity index (χ4v) is 4.65. The molecule has 3 rings (SSSR count). The number of piperidine rings is 1. The first-order valence-corrected chi connectivity index (χ1v) is 11.1. The van der Waals surface area contributed by atoms with Crippen LogP contribution in [0.25, 0.3) is 0 Å². The van der Waals surface area contributed by atoms with Crippen molar-refractivity contribution in [2.45, 2.75) is 24.2 Å². The second kappa shape index (κ2) is 9.68. The van der Waals surface area contributed by atoms with Crippen LogP contribution in [0.1, 0.15) is 29.6 Å². The van der Waals surface area contributed by atoms with E-state index in [1.54, 1.807) is 12.1 Å². The number of hydrogen-bond donors (Lipinski definition) is 1. The van der Waals surface area contributed by atoms with Crippen molar-refractivity contribution in [3.63, 3.8) is 0 Å². The molecule has 2 aromatic rings. The first-order valence-electron chi connectivity index (χ1n) is 9.63. The van der Waals surface area contributed by atoms with Gasteiger partial charge in [-0.1, -0.05) is 6.42 Å². The van der Waals surface area contributed by atoms with Crippen LogP contribution in [-0.4, -0.2) is 49.8 Å². The predicted octanol–water partition coefficient (Wildman–Crippen LogP) is 2.58. The average molecular weight is 433 g/mol. The van der Waals surface area contributed by atoms with E-state index in [4.69, 9.17) is 4.74 Å². The summed E-state index contributed by atoms with van der Waals surface area (Å²) in [6, 6.07) is 11.5. The molecular formula is C20H23N3O6S. The van der Waals surface area contributed by atoms with Crippen LogP contribution in [0, 0.1) is 10.1 Å². The number of nitrogens with one attached hydrogen (secondary N) is 1. The van der Waals surface area contributed by atoms with Crippen molar-refractivity contribution in [2.75, 3.05) is 26.2 Å². The van der Waals surface area contributed by atoms with Gasteiger partial charge in [0.05, 0.1) is 16.4 Å². The zero-order valence-corrected chi connectivity index (χ0v) is 17.1. The minimum absolute atomic E-state index is 0.0827. The number of non-ortho nitro benzene ring substituents is 1. The van der Waals surface area contributed by atoms with Crippen molar-refractivity contribution in [3.8, 4) is 5.75 Å². The smallest absolute Gasteiger partial charge is 0.269 e. The number of sulfonamides is 1. The fourth-order valence-electron chi connectivity index (χ4n) is 3.13. The second-order valence-corrected chi connectivity index (χ2v) is 8.78. The number of rotatable bonds is 8. The van der Waals surface area contributed by atoms with Gasteiger partial charge in [-0.25, -0.2) is 8.42 Å². The van der Waals surface area contributed by atoms with E-state index in [9.17, 15) is 23.3 Å². The highest BCUT2D eigenvalue weighted by Gasteiger charge is 2.25. The Morgan fingerprint density at radius 3 is 2.27 bits per heavy atom. The molecule has 1 amide bonds. The standard InChI is InChI=1S/C20H23N3O6S/c24-20(16-4-6-17(7-5-16)23(25)26)21-12-15-29-18-8-10-19(11-9-18)30(27,28)22-13-2-1-3-14-22/h4-11H,1-3,12-15H2,(H,21,24). The molecule has 0 aromatic heterocycles. The number of hydrogen-bond acceptors (Lipinski definition) is 6. The number of carbonyl (C=O) groups is 1. The van der Waals surface area contributed by atoms with Gasteiger partial charge in [-0.2, -0.15) is 4.31 Å². The normalized spacial score (nSPS) is 14.8. The van der Waals surface area contributed by atoms with Crippen LogP contribution in [0.3, 0.4) is 0 Å². The molecule has 0 saturated carbocycles. The average Bonchev–Trinajstić information content (AvgIpc) is 2.77. The summed E-state index contributed by atoms with van der Waals surface area (Å²) < 4.78 is 32.3. The summed E-state index contributed by atoms with van der Waals surface area (Å²) in [6.07, 6.45) is 2.82. The molecule has 30 heavy (non-hydrogen) atoms. The van der Waals surface area contributed by atoms with Crippen molar-refractivity contribution in [3.05, 3.63) is 64.2 Å². The van der Waals surface area contributed by atoms with E-state index in [0.717, 1.165) is 19.3 Å². The highest BCUT2D eigenvalue weighted by Crippen LogP contribution is 2.22. The summed E-state index contributed by atoms with van der Waals surface area (Å²) in [5.41, 5.74) is 0.230. The van der Waals surface area contributed by atoms with E-state index >= 15 is 0 Å². The second-order valence-electron chi connectivity index (χ2n) is 6.84. The fraction of sp³-hybridized carbons (Fsp3) is 0.350. The number of benzene rings is 2. The van der Waals surface area contributed by atoms with Crippen molar-refractivity contribution < 1.29 is 22.9 Å². The molecule has 1 fully saturated rings. The zero-order chi connectivity index (χ0) is 21.6. The largest absolute Gasteiger partial charge is 0.492 e. The van der Waals surface area contributed by atoms with Gasteiger partial charge in [-0.3, -0.25) is 14.9 Å². The molecule has 2 aromatic carbocycles. The Bertz CT molecular complexity index is 984. The van der Waals surface area contributed by atoms with Crippen LogP contribution in [0.15, 0.2) is 53.4 Å². The third kappa shape index (κ3) is 5.33. The van der Waals surface area contributed by atoms with E-state index in [1.165, 1.54) is 40.7 Å². The van der Waals surface area contributed by atoms with E-state index < -0.39 is 14.9 Å². The monoisotopic (exact) mass is 433 g/mol. The van der Waals surface area contributed by atoms with E-state index in [0.29, 0.717) is 24.4 Å². The van der Waals surface area contributed by atoms with Gasteiger partial charge in [0.15, 0.2) is 0 Å². The van der Waals surface area contributed by atoms with E-state index in [1.807, 2.05) is 0 Å². The van der Waals surface area contributed by atoms with E-state index in [2.05, 4.69) is 5.32 Å². The van der Waals surface area contributed by atoms with Crippen molar-refractivity contribution in [2.24, 2.45) is 0 Å². The van der Waals surface area contributed by atoms with Crippen LogP contribution < -0.4 is 10.1 Å². The highest BCUT2D eigenvalue weighted by molar-refractivity contribution is 7.89. The molecule has 1 aliphatic heterocycles. The number of nitrogens with zero attached hydrogens (tertiary/aromatic N) is 2. The summed E-state index contributed by atoms with van der Waals surface area (Å²) in [4.78, 5) is 22.4. The maximum atomic E-state index is 12.6. The number of carbonyl (C=O) groups excluding carboxylic acids is 1. The maximum absolute atomic E-state index is 12.6. The Balaban J connectivity index is 1.47. The lowest BCUT2D eigenvalue weighted by molar-refractivity contribution is -0.384. The molecule has 0 spiro atoms. The van der Waals surface area contributed by atoms with Gasteiger partial charge in [-0.05, 0) is 49.2 Å². The molecule has 1 aliphatic rings. The van der Waals surface area contributed by atoms with E-state index in [-0.39, 0.29) is 29.6 Å². The summed E-state index contributed by atoms with van der Waals surface area (Å²) in [7, 11) is -3.48. The van der Waals surface area contributed by atoms with Gasteiger partial charge >= 0.3 is 0 Å². The molecule has 9 nitrogen and oxygen atoms in total. The van der Waals surface area contributed by atoms with Gasteiger partial charge in [0.25, 0.3) is 11.6 Å². The predicted molar refractivity (Wildman–Crippen MR) is 110 cm³/mol. The molecule has 1 heterocycles. The molecule has 0 atom stereocenters. The molecule has 1 N–H and O–H groups in total. The number of ether oxygens (including phenoxy) is 1. The Labute approximate surface area is 174 Å². The van der Waals surface area contributed by atoms with Gasteiger partial charge in [0.1, 0.15) is 12.4 Å². The Kier molecular flexibility index (Phi) is 7.01. The molecule has 0 radical (unpaired) electrons. The highest BCUT2D eigenvalue weighted by atomic mass is 32.2. The van der Waals surface area contributed by atoms with Gasteiger partial charge < -0.3 is 10.1 Å². The summed E-state index contributed by atoms with van der Waals surface area (Å²) >= 11 is 0. The topological polar surface area (TPSA) is 119 Å². The Morgan fingerprint density at radius 1 is 1.03 bits per heavy atom. The van der Waals surface area contributed by atoms with Crippen molar-refractivity contribution in [1.82, 2.24) is 9.62 Å². The minimum atomic E-state index is -3.48. The Morgan fingerprint density at radius 2 is 1.67 bits per heavy atom. The molecule has 1 saturated heterocycles. The molecule has 0 aliphatic carbocycles. The minimum Gasteiger partial charge on any atom is -0.492 e. The van der Waals surface area contributed by atoms with Crippen LogP contribution in [0.2, 0.25) is 0 Å². The van der Waals surface area contributed by atoms with Crippen molar-refractivity contribution >= 4 is 21.6 Å². The summed E-state index contributed by atoms with van der Waals surface area (Å²) in [5.74, 6) is 0.133. The SMILES string of the molecule is O=C(NCCOc1ccc(S(=O)(=O)N2CCCCC2)cc1)c1ccc([N+](=O)[O-])cc1. The van der Waals surface area contributed by atoms with Crippen LogP contribution in [0.5, 0.6) is 5.75 Å². The van der Waals surface area contributed by atoms with Crippen LogP contribution in [-0.2, 0) is 10.0 Å². The first kappa shape index (κ1) is 21.7. The molecule has 10 heteroatoms. The molecule has 0 unspecified atom stereocenters. The lowest BCUT2D eigenvalue weighted by Gasteiger charge is -2.25. The van der Waals surface area contributed by atoms with Crippen molar-refractivity contribution in [1.29, 1.82) is 0 Å². The van der Waals surface area contributed by atoms with Crippen LogP contribution >= 0.6 is 0 Å². The summed E-state index contributed by atoms with van der Waals surface area (Å²) in [6.45, 7) is 1.52.